The van der Waals surface area contributed by atoms with E-state index in [2.05, 4.69) is 5.32 Å². The monoisotopic (exact) mass is 558 g/mol. The van der Waals surface area contributed by atoms with Gasteiger partial charge in [0.15, 0.2) is 11.5 Å². The van der Waals surface area contributed by atoms with Crippen LogP contribution >= 0.6 is 11.6 Å². The van der Waals surface area contributed by atoms with E-state index in [1.807, 2.05) is 0 Å². The molecule has 0 spiro atoms. The number of halogens is 1. The number of benzene rings is 2. The number of carbonyl (C=O) groups excluding carboxylic acids is 3. The number of ether oxygens (including phenoxy) is 3. The van der Waals surface area contributed by atoms with Crippen molar-refractivity contribution in [3.05, 3.63) is 69.8 Å². The number of fused-ring (bicyclic) bond motifs is 3. The molecule has 0 bridgehead atoms. The number of hydrogen-bond donors (Lipinski definition) is 3. The normalized spacial score (nSPS) is 21.2. The van der Waals surface area contributed by atoms with Crippen LogP contribution in [-0.2, 0) is 20.9 Å². The van der Waals surface area contributed by atoms with E-state index in [-0.39, 0.29) is 37.6 Å². The van der Waals surface area contributed by atoms with Crippen LogP contribution in [0.4, 0.5) is 0 Å². The minimum Gasteiger partial charge on any atom is -0.493 e. The summed E-state index contributed by atoms with van der Waals surface area (Å²) in [5, 5.41) is 24.1. The second-order valence-electron chi connectivity index (χ2n) is 9.19. The maximum atomic E-state index is 13.4. The maximum Gasteiger partial charge on any atom is 0.249 e. The van der Waals surface area contributed by atoms with E-state index in [0.29, 0.717) is 34.8 Å². The van der Waals surface area contributed by atoms with Crippen molar-refractivity contribution in [1.29, 1.82) is 0 Å². The predicted molar refractivity (Wildman–Crippen MR) is 142 cm³/mol. The molecule has 4 rings (SSSR count). The van der Waals surface area contributed by atoms with E-state index in [9.17, 15) is 24.6 Å². The summed E-state index contributed by atoms with van der Waals surface area (Å²) in [6.45, 7) is 1.70. The van der Waals surface area contributed by atoms with Crippen molar-refractivity contribution in [2.45, 2.75) is 37.6 Å². The minimum absolute atomic E-state index is 0.00392. The zero-order chi connectivity index (χ0) is 28.1. The van der Waals surface area contributed by atoms with Gasteiger partial charge >= 0.3 is 0 Å². The van der Waals surface area contributed by atoms with Gasteiger partial charge in [-0.05, 0) is 42.8 Å². The number of nitrogens with zero attached hydrogens (tertiary/aromatic N) is 1. The molecule has 0 saturated heterocycles. The molecule has 4 unspecified atom stereocenters. The first-order valence-corrected chi connectivity index (χ1v) is 12.9. The Hall–Kier alpha value is -3.44. The predicted octanol–water partition coefficient (Wildman–Crippen LogP) is 1.85. The Kier molecular flexibility index (Phi) is 9.24. The number of nitrogens with one attached hydrogen (secondary N) is 1. The SMILES string of the molecule is CCOCC(=O)N(Cc1ccc(Cl)cc1)C1C=C(C(=O)NCCO)C2c3cc(C=O)cc(OC)c3OC2C1O. The molecule has 11 heteroatoms. The van der Waals surface area contributed by atoms with Crippen LogP contribution in [0.15, 0.2) is 48.0 Å². The molecular weight excluding hydrogens is 528 g/mol. The number of aliphatic hydroxyl groups is 2. The van der Waals surface area contributed by atoms with Crippen molar-refractivity contribution in [2.24, 2.45) is 0 Å². The first-order valence-electron chi connectivity index (χ1n) is 12.6. The Balaban J connectivity index is 1.80. The van der Waals surface area contributed by atoms with Gasteiger partial charge < -0.3 is 34.6 Å². The lowest BCUT2D eigenvalue weighted by Gasteiger charge is -2.40. The van der Waals surface area contributed by atoms with Gasteiger partial charge in [0.1, 0.15) is 25.1 Å². The zero-order valence-electron chi connectivity index (χ0n) is 21.6. The third-order valence-corrected chi connectivity index (χ3v) is 7.04. The summed E-state index contributed by atoms with van der Waals surface area (Å²) in [4.78, 5) is 39.8. The minimum atomic E-state index is -1.25. The molecule has 1 heterocycles. The quantitative estimate of drug-likeness (QED) is 0.356. The van der Waals surface area contributed by atoms with Gasteiger partial charge in [0.25, 0.3) is 0 Å². The lowest BCUT2D eigenvalue weighted by molar-refractivity contribution is -0.142. The molecule has 2 aromatic rings. The average molecular weight is 559 g/mol. The number of carbonyl (C=O) groups is 3. The third-order valence-electron chi connectivity index (χ3n) is 6.79. The molecule has 2 amide bonds. The fraction of sp³-hybridized carbons (Fsp3) is 0.393. The second-order valence-corrected chi connectivity index (χ2v) is 9.62. The molecule has 2 aliphatic rings. The molecule has 4 atom stereocenters. The van der Waals surface area contributed by atoms with Gasteiger partial charge in [0.2, 0.25) is 11.8 Å². The number of aldehydes is 1. The zero-order valence-corrected chi connectivity index (χ0v) is 22.4. The van der Waals surface area contributed by atoms with Crippen LogP contribution < -0.4 is 14.8 Å². The summed E-state index contributed by atoms with van der Waals surface area (Å²) < 4.78 is 17.0. The average Bonchev–Trinajstić information content (AvgIpc) is 3.34. The van der Waals surface area contributed by atoms with Crippen molar-refractivity contribution in [1.82, 2.24) is 10.2 Å². The molecule has 0 fully saturated rings. The highest BCUT2D eigenvalue weighted by Crippen LogP contribution is 2.51. The van der Waals surface area contributed by atoms with E-state index in [0.717, 1.165) is 5.56 Å². The summed E-state index contributed by atoms with van der Waals surface area (Å²) in [7, 11) is 1.43. The van der Waals surface area contributed by atoms with Gasteiger partial charge in [-0.2, -0.15) is 0 Å². The first kappa shape index (κ1) is 28.6. The fourth-order valence-corrected chi connectivity index (χ4v) is 5.10. The molecule has 1 aliphatic heterocycles. The maximum absolute atomic E-state index is 13.4. The molecule has 2 aromatic carbocycles. The van der Waals surface area contributed by atoms with Crippen LogP contribution in [0.3, 0.4) is 0 Å². The molecule has 0 saturated carbocycles. The van der Waals surface area contributed by atoms with E-state index in [1.54, 1.807) is 43.3 Å². The Morgan fingerprint density at radius 1 is 1.23 bits per heavy atom. The van der Waals surface area contributed by atoms with Crippen LogP contribution in [0.25, 0.3) is 0 Å². The van der Waals surface area contributed by atoms with E-state index in [1.165, 1.54) is 18.1 Å². The van der Waals surface area contributed by atoms with Gasteiger partial charge in [-0.3, -0.25) is 14.4 Å². The first-order chi connectivity index (χ1) is 18.8. The standard InChI is InChI=1S/C28H31ClN2O8/c1-3-38-15-23(34)31(13-16-4-6-18(29)7-5-16)21-12-20(28(36)30-8-9-32)24-19-10-17(14-33)11-22(37-2)26(19)39-27(24)25(21)35/h4-7,10-12,14,21,24-25,27,32,35H,3,8-9,13,15H2,1-2H3,(H,30,36). The fourth-order valence-electron chi connectivity index (χ4n) is 4.98. The molecule has 0 radical (unpaired) electrons. The second kappa shape index (κ2) is 12.6. The summed E-state index contributed by atoms with van der Waals surface area (Å²) in [5.74, 6) is -1.04. The van der Waals surface area contributed by atoms with Crippen LogP contribution in [0.2, 0.25) is 5.02 Å². The van der Waals surface area contributed by atoms with Crippen molar-refractivity contribution in [3.63, 3.8) is 0 Å². The van der Waals surface area contributed by atoms with Crippen LogP contribution in [0.5, 0.6) is 11.5 Å². The Bertz CT molecular complexity index is 1250. The van der Waals surface area contributed by atoms with Gasteiger partial charge in [-0.15, -0.1) is 0 Å². The van der Waals surface area contributed by atoms with Crippen LogP contribution in [0.1, 0.15) is 34.3 Å². The molecular formula is C28H31ClN2O8. The van der Waals surface area contributed by atoms with Crippen molar-refractivity contribution in [3.8, 4) is 11.5 Å². The Morgan fingerprint density at radius 3 is 2.62 bits per heavy atom. The summed E-state index contributed by atoms with van der Waals surface area (Å²) >= 11 is 6.04. The van der Waals surface area contributed by atoms with Crippen molar-refractivity contribution < 1.29 is 38.8 Å². The smallest absolute Gasteiger partial charge is 0.249 e. The highest BCUT2D eigenvalue weighted by molar-refractivity contribution is 6.30. The van der Waals surface area contributed by atoms with E-state index < -0.39 is 36.0 Å². The van der Waals surface area contributed by atoms with Crippen molar-refractivity contribution in [2.75, 3.05) is 33.5 Å². The summed E-state index contributed by atoms with van der Waals surface area (Å²) in [6.07, 6.45) is -0.00264. The van der Waals surface area contributed by atoms with Gasteiger partial charge in [-0.25, -0.2) is 0 Å². The largest absolute Gasteiger partial charge is 0.493 e. The van der Waals surface area contributed by atoms with Gasteiger partial charge in [0.05, 0.1) is 25.7 Å². The van der Waals surface area contributed by atoms with E-state index >= 15 is 0 Å². The highest BCUT2D eigenvalue weighted by Gasteiger charge is 2.51. The number of amides is 2. The molecule has 10 nitrogen and oxygen atoms in total. The molecule has 0 aromatic heterocycles. The number of hydrogen-bond acceptors (Lipinski definition) is 8. The van der Waals surface area contributed by atoms with Crippen molar-refractivity contribution >= 4 is 29.7 Å². The lowest BCUT2D eigenvalue weighted by atomic mass is 9.77. The summed E-state index contributed by atoms with van der Waals surface area (Å²) in [5.41, 5.74) is 1.82. The van der Waals surface area contributed by atoms with E-state index in [4.69, 9.17) is 25.8 Å². The number of aliphatic hydroxyl groups excluding tert-OH is 2. The Labute approximate surface area is 231 Å². The van der Waals surface area contributed by atoms with Crippen LogP contribution in [-0.4, -0.2) is 84.9 Å². The topological polar surface area (TPSA) is 135 Å². The summed E-state index contributed by atoms with van der Waals surface area (Å²) in [6, 6.07) is 9.10. The third kappa shape index (κ3) is 5.94. The molecule has 208 valence electrons. The molecule has 3 N–H and O–H groups in total. The molecule has 39 heavy (non-hydrogen) atoms. The number of rotatable bonds is 11. The Morgan fingerprint density at radius 2 is 1.97 bits per heavy atom. The lowest BCUT2D eigenvalue weighted by Crippen LogP contribution is -2.56. The van der Waals surface area contributed by atoms with Gasteiger partial charge in [0, 0.05) is 41.4 Å². The van der Waals surface area contributed by atoms with Crippen LogP contribution in [0, 0.1) is 0 Å². The highest BCUT2D eigenvalue weighted by atomic mass is 35.5. The molecule has 1 aliphatic carbocycles. The number of methoxy groups -OCH3 is 1. The van der Waals surface area contributed by atoms with Gasteiger partial charge in [-0.1, -0.05) is 23.7 Å².